The van der Waals surface area contributed by atoms with Crippen LogP contribution in [-0.2, 0) is 11.3 Å². The van der Waals surface area contributed by atoms with Crippen molar-refractivity contribution in [3.8, 4) is 6.07 Å². The molecule has 4 rings (SSSR count). The van der Waals surface area contributed by atoms with Crippen LogP contribution in [0.3, 0.4) is 0 Å². The van der Waals surface area contributed by atoms with E-state index in [1.807, 2.05) is 54.6 Å². The first-order chi connectivity index (χ1) is 16.5. The van der Waals surface area contributed by atoms with Crippen molar-refractivity contribution in [3.63, 3.8) is 0 Å². The van der Waals surface area contributed by atoms with Gasteiger partial charge in [0.2, 0.25) is 0 Å². The first kappa shape index (κ1) is 23.1. The fourth-order valence-electron chi connectivity index (χ4n) is 4.16. The second-order valence-corrected chi connectivity index (χ2v) is 8.32. The second-order valence-electron chi connectivity index (χ2n) is 8.32. The van der Waals surface area contributed by atoms with E-state index in [1.165, 1.54) is 11.6 Å². The molecule has 172 valence electrons. The van der Waals surface area contributed by atoms with Gasteiger partial charge in [0.25, 0.3) is 0 Å². The van der Waals surface area contributed by atoms with Crippen LogP contribution in [0.4, 0.5) is 14.9 Å². The molecule has 1 aliphatic rings. The summed E-state index contributed by atoms with van der Waals surface area (Å²) in [5, 5.41) is 11.5. The van der Waals surface area contributed by atoms with Gasteiger partial charge >= 0.3 is 6.09 Å². The van der Waals surface area contributed by atoms with Gasteiger partial charge in [-0.05, 0) is 65.8 Å². The highest BCUT2D eigenvalue weighted by atomic mass is 19.1. The average molecular weight is 456 g/mol. The summed E-state index contributed by atoms with van der Waals surface area (Å²) in [6.45, 7) is 5.97. The van der Waals surface area contributed by atoms with Gasteiger partial charge in [0, 0.05) is 18.8 Å². The number of nitrogens with one attached hydrogen (secondary N) is 1. The van der Waals surface area contributed by atoms with Crippen molar-refractivity contribution >= 4 is 17.5 Å². The number of nitriles is 1. The summed E-state index contributed by atoms with van der Waals surface area (Å²) in [5.41, 5.74) is 4.36. The Morgan fingerprint density at radius 3 is 2.47 bits per heavy atom. The van der Waals surface area contributed by atoms with E-state index in [9.17, 15) is 9.18 Å². The zero-order chi connectivity index (χ0) is 23.9. The topological polar surface area (TPSA) is 65.4 Å². The number of nitrogens with zero attached hydrogens (tertiary/aromatic N) is 2. The Hall–Kier alpha value is -4.11. The van der Waals surface area contributed by atoms with E-state index in [0.717, 1.165) is 42.8 Å². The van der Waals surface area contributed by atoms with E-state index in [4.69, 9.17) is 10.00 Å². The minimum absolute atomic E-state index is 0.0594. The summed E-state index contributed by atoms with van der Waals surface area (Å²) in [6, 6.07) is 23.8. The SMILES string of the molecule is C=C(c1ccc(F)c(NC(=O)OCc2ccccc2)c1)N1CCC(c2ccc(C#N)cc2)CC1. The number of hydrogen-bond donors (Lipinski definition) is 1. The summed E-state index contributed by atoms with van der Waals surface area (Å²) in [4.78, 5) is 14.4. The quantitative estimate of drug-likeness (QED) is 0.474. The van der Waals surface area contributed by atoms with Crippen LogP contribution in [0, 0.1) is 17.1 Å². The number of halogens is 1. The Morgan fingerprint density at radius 2 is 1.79 bits per heavy atom. The van der Waals surface area contributed by atoms with Crippen molar-refractivity contribution in [2.24, 2.45) is 0 Å². The van der Waals surface area contributed by atoms with Crippen LogP contribution >= 0.6 is 0 Å². The Bertz CT molecular complexity index is 1190. The number of ether oxygens (including phenoxy) is 1. The molecule has 1 aliphatic heterocycles. The lowest BCUT2D eigenvalue weighted by molar-refractivity contribution is 0.155. The number of benzene rings is 3. The normalized spacial score (nSPS) is 13.7. The largest absolute Gasteiger partial charge is 0.444 e. The molecular formula is C28H26FN3O2. The Balaban J connectivity index is 1.35. The van der Waals surface area contributed by atoms with E-state index in [2.05, 4.69) is 22.9 Å². The number of likely N-dealkylation sites (tertiary alicyclic amines) is 1. The molecule has 0 aliphatic carbocycles. The van der Waals surface area contributed by atoms with Gasteiger partial charge in [-0.25, -0.2) is 9.18 Å². The molecule has 0 spiro atoms. The standard InChI is InChI=1S/C28H26FN3O2/c1-20(32-15-13-24(14-16-32)23-9-7-21(18-30)8-10-23)25-11-12-26(29)27(17-25)31-28(33)34-19-22-5-3-2-4-6-22/h2-12,17,24H,1,13-16,19H2,(H,31,33). The van der Waals surface area contributed by atoms with Gasteiger partial charge in [-0.3, -0.25) is 5.32 Å². The summed E-state index contributed by atoms with van der Waals surface area (Å²) in [6.07, 6.45) is 1.21. The minimum atomic E-state index is -0.714. The Labute approximate surface area is 199 Å². The van der Waals surface area contributed by atoms with E-state index in [-0.39, 0.29) is 12.3 Å². The maximum atomic E-state index is 14.4. The van der Waals surface area contributed by atoms with Gasteiger partial charge in [0.15, 0.2) is 0 Å². The first-order valence-corrected chi connectivity index (χ1v) is 11.2. The number of rotatable bonds is 6. The molecule has 5 nitrogen and oxygen atoms in total. The molecule has 3 aromatic carbocycles. The molecule has 0 aromatic heterocycles. The van der Waals surface area contributed by atoms with Gasteiger partial charge in [-0.15, -0.1) is 0 Å². The van der Waals surface area contributed by atoms with Crippen LogP contribution in [0.25, 0.3) is 5.70 Å². The molecule has 1 fully saturated rings. The summed E-state index contributed by atoms with van der Waals surface area (Å²) in [7, 11) is 0. The molecule has 0 radical (unpaired) electrons. The van der Waals surface area contributed by atoms with Crippen LogP contribution in [0.5, 0.6) is 0 Å². The van der Waals surface area contributed by atoms with E-state index < -0.39 is 11.9 Å². The predicted octanol–water partition coefficient (Wildman–Crippen LogP) is 6.30. The lowest BCUT2D eigenvalue weighted by Crippen LogP contribution is -2.31. The highest BCUT2D eigenvalue weighted by Crippen LogP contribution is 2.32. The van der Waals surface area contributed by atoms with Crippen LogP contribution in [-0.4, -0.2) is 24.1 Å². The first-order valence-electron chi connectivity index (χ1n) is 11.2. The fourth-order valence-corrected chi connectivity index (χ4v) is 4.16. The van der Waals surface area contributed by atoms with Crippen LogP contribution in [0.1, 0.15) is 41.0 Å². The smallest absolute Gasteiger partial charge is 0.412 e. The zero-order valence-corrected chi connectivity index (χ0v) is 18.8. The van der Waals surface area contributed by atoms with E-state index in [0.29, 0.717) is 11.5 Å². The molecule has 1 heterocycles. The molecule has 0 atom stereocenters. The molecular weight excluding hydrogens is 429 g/mol. The Kier molecular flexibility index (Phi) is 7.24. The number of anilines is 1. The van der Waals surface area contributed by atoms with Crippen LogP contribution in [0.2, 0.25) is 0 Å². The number of piperidine rings is 1. The molecule has 6 heteroatoms. The summed E-state index contributed by atoms with van der Waals surface area (Å²) >= 11 is 0. The van der Waals surface area contributed by atoms with E-state index >= 15 is 0 Å². The third-order valence-electron chi connectivity index (χ3n) is 6.14. The summed E-state index contributed by atoms with van der Waals surface area (Å²) < 4.78 is 19.6. The van der Waals surface area contributed by atoms with Crippen molar-refractivity contribution in [1.82, 2.24) is 4.90 Å². The highest BCUT2D eigenvalue weighted by molar-refractivity contribution is 5.85. The van der Waals surface area contributed by atoms with Crippen molar-refractivity contribution in [2.75, 3.05) is 18.4 Å². The second kappa shape index (κ2) is 10.7. The van der Waals surface area contributed by atoms with Gasteiger partial charge in [0.05, 0.1) is 17.3 Å². The van der Waals surface area contributed by atoms with Crippen LogP contribution < -0.4 is 5.32 Å². The zero-order valence-electron chi connectivity index (χ0n) is 18.8. The third-order valence-corrected chi connectivity index (χ3v) is 6.14. The lowest BCUT2D eigenvalue weighted by Gasteiger charge is -2.35. The average Bonchev–Trinajstić information content (AvgIpc) is 2.89. The molecule has 34 heavy (non-hydrogen) atoms. The maximum absolute atomic E-state index is 14.4. The van der Waals surface area contributed by atoms with Crippen molar-refractivity contribution in [1.29, 1.82) is 5.26 Å². The van der Waals surface area contributed by atoms with Crippen molar-refractivity contribution < 1.29 is 13.9 Å². The number of carbonyl (C=O) groups is 1. The number of hydrogen-bond acceptors (Lipinski definition) is 4. The molecule has 0 bridgehead atoms. The monoisotopic (exact) mass is 455 g/mol. The number of carbonyl (C=O) groups excluding carboxylic acids is 1. The van der Waals surface area contributed by atoms with Crippen molar-refractivity contribution in [2.45, 2.75) is 25.4 Å². The van der Waals surface area contributed by atoms with Gasteiger partial charge in [-0.2, -0.15) is 5.26 Å². The molecule has 3 aromatic rings. The van der Waals surface area contributed by atoms with Crippen LogP contribution in [0.15, 0.2) is 79.4 Å². The fraction of sp³-hybridized carbons (Fsp3) is 0.214. The third kappa shape index (κ3) is 5.62. The molecule has 1 saturated heterocycles. The van der Waals surface area contributed by atoms with Crippen molar-refractivity contribution in [3.05, 3.63) is 107 Å². The maximum Gasteiger partial charge on any atom is 0.412 e. The summed E-state index contributed by atoms with van der Waals surface area (Å²) in [5.74, 6) is -0.102. The highest BCUT2D eigenvalue weighted by Gasteiger charge is 2.22. The van der Waals surface area contributed by atoms with E-state index in [1.54, 1.807) is 12.1 Å². The Morgan fingerprint density at radius 1 is 1.09 bits per heavy atom. The molecule has 0 unspecified atom stereocenters. The molecule has 0 saturated carbocycles. The lowest BCUT2D eigenvalue weighted by atomic mass is 9.88. The van der Waals surface area contributed by atoms with Gasteiger partial charge in [0.1, 0.15) is 12.4 Å². The molecule has 1 amide bonds. The van der Waals surface area contributed by atoms with Gasteiger partial charge < -0.3 is 9.64 Å². The van der Waals surface area contributed by atoms with Gasteiger partial charge in [-0.1, -0.05) is 49.0 Å². The number of amides is 1. The molecule has 1 N–H and O–H groups in total. The minimum Gasteiger partial charge on any atom is -0.444 e. The predicted molar refractivity (Wildman–Crippen MR) is 130 cm³/mol.